The monoisotopic (exact) mass is 440 g/mol. The molecule has 2 aromatic carbocycles. The molecule has 32 heavy (non-hydrogen) atoms. The van der Waals surface area contributed by atoms with Gasteiger partial charge in [0.15, 0.2) is 11.5 Å². The second kappa shape index (κ2) is 9.90. The Balaban J connectivity index is 1.88. The first-order valence-electron chi connectivity index (χ1n) is 9.99. The van der Waals surface area contributed by atoms with Crippen molar-refractivity contribution < 1.29 is 23.7 Å². The molecule has 168 valence electrons. The van der Waals surface area contributed by atoms with Crippen molar-refractivity contribution in [1.82, 2.24) is 15.5 Å². The van der Waals surface area contributed by atoms with Crippen LogP contribution in [0.1, 0.15) is 42.6 Å². The van der Waals surface area contributed by atoms with E-state index in [-0.39, 0.29) is 23.1 Å². The molecule has 0 aliphatic heterocycles. The summed E-state index contributed by atoms with van der Waals surface area (Å²) >= 11 is 0. The van der Waals surface area contributed by atoms with Crippen LogP contribution in [0.15, 0.2) is 47.0 Å². The molecule has 0 unspecified atom stereocenters. The van der Waals surface area contributed by atoms with Gasteiger partial charge < -0.3 is 19.3 Å². The molecule has 3 rings (SSSR count). The highest BCUT2D eigenvalue weighted by molar-refractivity contribution is 5.95. The van der Waals surface area contributed by atoms with Gasteiger partial charge in [-0.2, -0.15) is 4.98 Å². The van der Waals surface area contributed by atoms with Crippen molar-refractivity contribution >= 4 is 11.6 Å². The number of amides is 1. The fourth-order valence-electron chi connectivity index (χ4n) is 3.12. The number of ether oxygens (including phenoxy) is 2. The summed E-state index contributed by atoms with van der Waals surface area (Å²) in [6, 6.07) is 10.2. The summed E-state index contributed by atoms with van der Waals surface area (Å²) in [6.45, 7) is 3.92. The van der Waals surface area contributed by atoms with E-state index in [4.69, 9.17) is 14.0 Å². The molecule has 1 aromatic heterocycles. The third kappa shape index (κ3) is 4.85. The van der Waals surface area contributed by atoms with Crippen molar-refractivity contribution in [3.05, 3.63) is 64.0 Å². The Bertz CT molecular complexity index is 1110. The number of non-ortho nitro benzene ring substituents is 1. The van der Waals surface area contributed by atoms with Crippen molar-refractivity contribution in [1.29, 1.82) is 0 Å². The number of carbonyl (C=O) groups excluding carboxylic acids is 1. The molecule has 0 fully saturated rings. The third-order valence-electron chi connectivity index (χ3n) is 5.17. The van der Waals surface area contributed by atoms with Gasteiger partial charge >= 0.3 is 0 Å². The topological polar surface area (TPSA) is 130 Å². The zero-order chi connectivity index (χ0) is 23.3. The average Bonchev–Trinajstić information content (AvgIpc) is 3.31. The Hall–Kier alpha value is -3.95. The highest BCUT2D eigenvalue weighted by atomic mass is 16.6. The normalized spacial score (nSPS) is 12.6. The van der Waals surface area contributed by atoms with Gasteiger partial charge in [0.2, 0.25) is 11.7 Å². The van der Waals surface area contributed by atoms with E-state index in [2.05, 4.69) is 15.5 Å². The lowest BCUT2D eigenvalue weighted by molar-refractivity contribution is -0.384. The fourth-order valence-corrected chi connectivity index (χ4v) is 3.12. The van der Waals surface area contributed by atoms with Crippen LogP contribution in [0.5, 0.6) is 11.5 Å². The number of nitrogens with one attached hydrogen (secondary N) is 1. The number of hydrogen-bond acceptors (Lipinski definition) is 8. The summed E-state index contributed by atoms with van der Waals surface area (Å²) in [5.41, 5.74) is 0.670. The number of carbonyl (C=O) groups is 1. The standard InChI is InChI=1S/C22H24N4O6/c1-5-13(2)19(23-21(27)15-7-6-8-16(11-15)26(28)29)22-24-20(25-32-22)14-9-10-17(30-3)18(12-14)31-4/h6-13,19H,5H2,1-4H3,(H,23,27)/t13-,19-/m1/s1. The first-order chi connectivity index (χ1) is 15.4. The van der Waals surface area contributed by atoms with Crippen LogP contribution in [0.3, 0.4) is 0 Å². The molecule has 1 N–H and O–H groups in total. The number of methoxy groups -OCH3 is 2. The summed E-state index contributed by atoms with van der Waals surface area (Å²) < 4.78 is 16.0. The van der Waals surface area contributed by atoms with Gasteiger partial charge in [0.1, 0.15) is 6.04 Å². The van der Waals surface area contributed by atoms with E-state index in [0.717, 1.165) is 6.42 Å². The zero-order valence-electron chi connectivity index (χ0n) is 18.2. The van der Waals surface area contributed by atoms with Gasteiger partial charge in [-0.1, -0.05) is 31.5 Å². The van der Waals surface area contributed by atoms with Gasteiger partial charge in [-0.3, -0.25) is 14.9 Å². The summed E-state index contributed by atoms with van der Waals surface area (Å²) in [5.74, 6) is 1.17. The van der Waals surface area contributed by atoms with E-state index < -0.39 is 16.9 Å². The number of rotatable bonds is 9. The second-order valence-corrected chi connectivity index (χ2v) is 7.17. The third-order valence-corrected chi connectivity index (χ3v) is 5.17. The maximum absolute atomic E-state index is 12.8. The zero-order valence-corrected chi connectivity index (χ0v) is 18.2. The summed E-state index contributed by atoms with van der Waals surface area (Å²) in [4.78, 5) is 27.8. The van der Waals surface area contributed by atoms with Gasteiger partial charge in [-0.15, -0.1) is 0 Å². The van der Waals surface area contributed by atoms with Gasteiger partial charge in [0.05, 0.1) is 19.1 Å². The molecule has 0 saturated heterocycles. The molecule has 0 aliphatic rings. The van der Waals surface area contributed by atoms with E-state index in [1.807, 2.05) is 13.8 Å². The molecule has 1 heterocycles. The molecular weight excluding hydrogens is 416 g/mol. The number of aromatic nitrogens is 2. The minimum atomic E-state index is -0.576. The molecule has 3 aromatic rings. The van der Waals surface area contributed by atoms with Gasteiger partial charge in [-0.05, 0) is 30.2 Å². The maximum atomic E-state index is 12.8. The molecule has 0 aliphatic carbocycles. The van der Waals surface area contributed by atoms with Crippen LogP contribution in [0, 0.1) is 16.0 Å². The van der Waals surface area contributed by atoms with Gasteiger partial charge in [0, 0.05) is 23.3 Å². The molecule has 1 amide bonds. The van der Waals surface area contributed by atoms with Gasteiger partial charge in [-0.25, -0.2) is 0 Å². The largest absolute Gasteiger partial charge is 0.493 e. The predicted molar refractivity (Wildman–Crippen MR) is 116 cm³/mol. The minimum absolute atomic E-state index is 0.0312. The maximum Gasteiger partial charge on any atom is 0.270 e. The van der Waals surface area contributed by atoms with Gasteiger partial charge in [0.25, 0.3) is 11.6 Å². The quantitative estimate of drug-likeness (QED) is 0.387. The number of nitro benzene ring substituents is 1. The molecule has 0 spiro atoms. The summed E-state index contributed by atoms with van der Waals surface area (Å²) in [6.07, 6.45) is 0.730. The van der Waals surface area contributed by atoms with E-state index in [1.165, 1.54) is 31.4 Å². The lowest BCUT2D eigenvalue weighted by Crippen LogP contribution is -2.32. The van der Waals surface area contributed by atoms with E-state index in [0.29, 0.717) is 22.9 Å². The smallest absolute Gasteiger partial charge is 0.270 e. The Morgan fingerprint density at radius 1 is 1.19 bits per heavy atom. The van der Waals surface area contributed by atoms with Crippen LogP contribution in [-0.2, 0) is 0 Å². The van der Waals surface area contributed by atoms with Crippen molar-refractivity contribution in [2.45, 2.75) is 26.3 Å². The first-order valence-corrected chi connectivity index (χ1v) is 9.99. The van der Waals surface area contributed by atoms with Crippen molar-refractivity contribution in [2.75, 3.05) is 14.2 Å². The van der Waals surface area contributed by atoms with Crippen LogP contribution in [-0.4, -0.2) is 35.2 Å². The van der Waals surface area contributed by atoms with E-state index in [1.54, 1.807) is 25.3 Å². The van der Waals surface area contributed by atoms with Crippen molar-refractivity contribution in [3.63, 3.8) is 0 Å². The highest BCUT2D eigenvalue weighted by Crippen LogP contribution is 2.32. The molecule has 10 nitrogen and oxygen atoms in total. The van der Waals surface area contributed by atoms with Crippen LogP contribution >= 0.6 is 0 Å². The molecule has 10 heteroatoms. The average molecular weight is 440 g/mol. The Kier molecular flexibility index (Phi) is 7.04. The summed E-state index contributed by atoms with van der Waals surface area (Å²) in [5, 5.41) is 17.9. The van der Waals surface area contributed by atoms with Crippen molar-refractivity contribution in [2.24, 2.45) is 5.92 Å². The van der Waals surface area contributed by atoms with E-state index >= 15 is 0 Å². The second-order valence-electron chi connectivity index (χ2n) is 7.17. The van der Waals surface area contributed by atoms with Crippen LogP contribution < -0.4 is 14.8 Å². The molecule has 2 atom stereocenters. The molecular formula is C22H24N4O6. The van der Waals surface area contributed by atoms with Crippen LogP contribution in [0.2, 0.25) is 0 Å². The Labute approximate surface area is 184 Å². The minimum Gasteiger partial charge on any atom is -0.493 e. The lowest BCUT2D eigenvalue weighted by atomic mass is 9.98. The van der Waals surface area contributed by atoms with Crippen LogP contribution in [0.4, 0.5) is 5.69 Å². The van der Waals surface area contributed by atoms with E-state index in [9.17, 15) is 14.9 Å². The van der Waals surface area contributed by atoms with Crippen molar-refractivity contribution in [3.8, 4) is 22.9 Å². The summed E-state index contributed by atoms with van der Waals surface area (Å²) in [7, 11) is 3.08. The highest BCUT2D eigenvalue weighted by Gasteiger charge is 2.27. The lowest BCUT2D eigenvalue weighted by Gasteiger charge is -2.20. The Morgan fingerprint density at radius 3 is 2.59 bits per heavy atom. The predicted octanol–water partition coefficient (Wildman–Crippen LogP) is 4.18. The van der Waals surface area contributed by atoms with Crippen LogP contribution in [0.25, 0.3) is 11.4 Å². The molecule has 0 bridgehead atoms. The fraction of sp³-hybridized carbons (Fsp3) is 0.318. The SMILES string of the molecule is CC[C@@H](C)[C@@H](NC(=O)c1cccc([N+](=O)[O-])c1)c1nc(-c2ccc(OC)c(OC)c2)no1. The number of nitrogens with zero attached hydrogens (tertiary/aromatic N) is 3. The number of hydrogen-bond donors (Lipinski definition) is 1. The Morgan fingerprint density at radius 2 is 1.94 bits per heavy atom. The molecule has 0 saturated carbocycles. The number of benzene rings is 2. The molecule has 0 radical (unpaired) electrons. The number of nitro groups is 1. The first kappa shape index (κ1) is 22.7.